The first-order valence-corrected chi connectivity index (χ1v) is 5.85. The van der Waals surface area contributed by atoms with Gasteiger partial charge in [-0.3, -0.25) is 10.1 Å². The Bertz CT molecular complexity index is 510. The van der Waals surface area contributed by atoms with Crippen LogP contribution in [0.5, 0.6) is 0 Å². The van der Waals surface area contributed by atoms with Gasteiger partial charge in [-0.05, 0) is 18.9 Å². The molecule has 2 N–H and O–H groups in total. The fourth-order valence-corrected chi connectivity index (χ4v) is 2.34. The number of nitro groups is 1. The Hall–Kier alpha value is -1.63. The van der Waals surface area contributed by atoms with Crippen LogP contribution in [-0.4, -0.2) is 10.8 Å². The van der Waals surface area contributed by atoms with Gasteiger partial charge in [0.2, 0.25) is 5.92 Å². The number of halogens is 3. The fraction of sp³-hybridized carbons (Fsp3) is 0.500. The maximum Gasteiger partial charge on any atom is 0.269 e. The standard InChI is InChI=1S/C12H13F3N2O2/c13-10-2-1-8(17(18)19)7-9(10)11(16)3-5-12(14,15)6-4-11/h1-2,7H,3-6,16H2. The minimum Gasteiger partial charge on any atom is -0.321 e. The summed E-state index contributed by atoms with van der Waals surface area (Å²) in [6.07, 6.45) is -1.08. The van der Waals surface area contributed by atoms with Crippen LogP contribution in [0.3, 0.4) is 0 Å². The van der Waals surface area contributed by atoms with Gasteiger partial charge in [0.15, 0.2) is 0 Å². The van der Waals surface area contributed by atoms with Gasteiger partial charge in [0.05, 0.1) is 4.92 Å². The SMILES string of the molecule is NC1(c2cc([N+](=O)[O-])ccc2F)CCC(F)(F)CC1. The molecule has 4 nitrogen and oxygen atoms in total. The number of non-ortho nitro benzene ring substituents is 1. The van der Waals surface area contributed by atoms with Gasteiger partial charge in [-0.2, -0.15) is 0 Å². The van der Waals surface area contributed by atoms with E-state index in [2.05, 4.69) is 0 Å². The number of hydrogen-bond acceptors (Lipinski definition) is 3. The lowest BCUT2D eigenvalue weighted by Crippen LogP contribution is -2.44. The van der Waals surface area contributed by atoms with Crippen molar-refractivity contribution in [2.75, 3.05) is 0 Å². The first kappa shape index (κ1) is 13.8. The topological polar surface area (TPSA) is 69.2 Å². The molecule has 0 spiro atoms. The number of rotatable bonds is 2. The normalized spacial score (nSPS) is 21.1. The van der Waals surface area contributed by atoms with Gasteiger partial charge in [0.1, 0.15) is 5.82 Å². The molecule has 19 heavy (non-hydrogen) atoms. The number of benzene rings is 1. The van der Waals surface area contributed by atoms with Gasteiger partial charge in [-0.1, -0.05) is 0 Å². The molecule has 1 saturated carbocycles. The van der Waals surface area contributed by atoms with E-state index in [-0.39, 0.29) is 24.1 Å². The Balaban J connectivity index is 2.35. The molecule has 0 unspecified atom stereocenters. The molecule has 104 valence electrons. The summed E-state index contributed by atoms with van der Waals surface area (Å²) < 4.78 is 40.0. The van der Waals surface area contributed by atoms with Gasteiger partial charge in [-0.25, -0.2) is 13.2 Å². The number of alkyl halides is 2. The van der Waals surface area contributed by atoms with Crippen LogP contribution in [0.4, 0.5) is 18.9 Å². The van der Waals surface area contributed by atoms with Crippen LogP contribution in [0.1, 0.15) is 31.2 Å². The van der Waals surface area contributed by atoms with E-state index in [0.29, 0.717) is 0 Å². The zero-order chi connectivity index (χ0) is 14.3. The minimum atomic E-state index is -2.79. The van der Waals surface area contributed by atoms with Gasteiger partial charge in [-0.15, -0.1) is 0 Å². The molecule has 0 saturated heterocycles. The van der Waals surface area contributed by atoms with Gasteiger partial charge in [0.25, 0.3) is 5.69 Å². The summed E-state index contributed by atoms with van der Waals surface area (Å²) in [7, 11) is 0. The van der Waals surface area contributed by atoms with Crippen LogP contribution in [0.2, 0.25) is 0 Å². The lowest BCUT2D eigenvalue weighted by molar-refractivity contribution is -0.385. The highest BCUT2D eigenvalue weighted by molar-refractivity contribution is 5.39. The summed E-state index contributed by atoms with van der Waals surface area (Å²) in [6.45, 7) is 0. The zero-order valence-corrected chi connectivity index (χ0v) is 10.0. The molecule has 1 fully saturated rings. The molecule has 0 amide bonds. The predicted octanol–water partition coefficient (Wildman–Crippen LogP) is 3.10. The number of nitrogens with zero attached hydrogens (tertiary/aromatic N) is 1. The summed E-state index contributed by atoms with van der Waals surface area (Å²) >= 11 is 0. The van der Waals surface area contributed by atoms with Crippen LogP contribution in [0.15, 0.2) is 18.2 Å². The summed E-state index contributed by atoms with van der Waals surface area (Å²) in [5.74, 6) is -3.49. The largest absolute Gasteiger partial charge is 0.321 e. The van der Waals surface area contributed by atoms with E-state index in [1.807, 2.05) is 0 Å². The van der Waals surface area contributed by atoms with E-state index in [1.165, 1.54) is 0 Å². The van der Waals surface area contributed by atoms with Crippen LogP contribution < -0.4 is 5.73 Å². The van der Waals surface area contributed by atoms with Crippen molar-refractivity contribution in [3.8, 4) is 0 Å². The third kappa shape index (κ3) is 2.70. The lowest BCUT2D eigenvalue weighted by Gasteiger charge is -2.37. The van der Waals surface area contributed by atoms with E-state index in [0.717, 1.165) is 18.2 Å². The second kappa shape index (κ2) is 4.48. The van der Waals surface area contributed by atoms with E-state index in [9.17, 15) is 23.3 Å². The maximum absolute atomic E-state index is 13.8. The molecule has 0 atom stereocenters. The fourth-order valence-electron chi connectivity index (χ4n) is 2.34. The quantitative estimate of drug-likeness (QED) is 0.665. The van der Waals surface area contributed by atoms with Crippen molar-refractivity contribution in [3.63, 3.8) is 0 Å². The Morgan fingerprint density at radius 3 is 2.32 bits per heavy atom. The number of nitro benzene ring substituents is 1. The lowest BCUT2D eigenvalue weighted by atomic mass is 9.76. The van der Waals surface area contributed by atoms with E-state index in [4.69, 9.17) is 5.73 Å². The molecular weight excluding hydrogens is 261 g/mol. The Morgan fingerprint density at radius 2 is 1.79 bits per heavy atom. The van der Waals surface area contributed by atoms with Gasteiger partial charge < -0.3 is 5.73 Å². The summed E-state index contributed by atoms with van der Waals surface area (Å²) in [5.41, 5.74) is 4.36. The summed E-state index contributed by atoms with van der Waals surface area (Å²) in [5, 5.41) is 10.7. The van der Waals surface area contributed by atoms with Crippen molar-refractivity contribution in [1.82, 2.24) is 0 Å². The minimum absolute atomic E-state index is 0.0581. The third-order valence-electron chi connectivity index (χ3n) is 3.57. The zero-order valence-electron chi connectivity index (χ0n) is 10.0. The molecule has 0 heterocycles. The molecule has 1 aliphatic carbocycles. The molecule has 0 aliphatic heterocycles. The van der Waals surface area contributed by atoms with Gasteiger partial charge >= 0.3 is 0 Å². The molecule has 1 aromatic carbocycles. The van der Waals surface area contributed by atoms with Crippen molar-refractivity contribution in [1.29, 1.82) is 0 Å². The van der Waals surface area contributed by atoms with E-state index in [1.54, 1.807) is 0 Å². The molecule has 1 aromatic rings. The highest BCUT2D eigenvalue weighted by Gasteiger charge is 2.43. The Kier molecular flexibility index (Phi) is 3.25. The molecule has 7 heteroatoms. The van der Waals surface area contributed by atoms with Crippen LogP contribution in [0, 0.1) is 15.9 Å². The smallest absolute Gasteiger partial charge is 0.269 e. The highest BCUT2D eigenvalue weighted by Crippen LogP contribution is 2.43. The second-order valence-electron chi connectivity index (χ2n) is 4.93. The molecule has 2 rings (SSSR count). The van der Waals surface area contributed by atoms with Gasteiger partial charge in [0, 0.05) is 36.1 Å². The van der Waals surface area contributed by atoms with Crippen molar-refractivity contribution in [3.05, 3.63) is 39.7 Å². The van der Waals surface area contributed by atoms with Crippen LogP contribution in [0.25, 0.3) is 0 Å². The molecule has 0 aromatic heterocycles. The predicted molar refractivity (Wildman–Crippen MR) is 62.3 cm³/mol. The summed E-state index contributed by atoms with van der Waals surface area (Å²) in [6, 6.07) is 3.02. The second-order valence-corrected chi connectivity index (χ2v) is 4.93. The van der Waals surface area contributed by atoms with E-state index < -0.39 is 35.0 Å². The van der Waals surface area contributed by atoms with E-state index >= 15 is 0 Å². The maximum atomic E-state index is 13.8. The number of hydrogen-bond donors (Lipinski definition) is 1. The number of nitrogens with two attached hydrogens (primary N) is 1. The monoisotopic (exact) mass is 274 g/mol. The average Bonchev–Trinajstić information content (AvgIpc) is 2.33. The Labute approximate surface area is 107 Å². The first-order valence-electron chi connectivity index (χ1n) is 5.85. The molecular formula is C12H13F3N2O2. The molecule has 0 radical (unpaired) electrons. The van der Waals surface area contributed by atoms with Crippen molar-refractivity contribution in [2.45, 2.75) is 37.1 Å². The third-order valence-corrected chi connectivity index (χ3v) is 3.57. The Morgan fingerprint density at radius 1 is 1.21 bits per heavy atom. The average molecular weight is 274 g/mol. The highest BCUT2D eigenvalue weighted by atomic mass is 19.3. The summed E-state index contributed by atoms with van der Waals surface area (Å²) in [4.78, 5) is 10.0. The van der Waals surface area contributed by atoms with Crippen LogP contribution in [-0.2, 0) is 5.54 Å². The van der Waals surface area contributed by atoms with Crippen molar-refractivity contribution >= 4 is 5.69 Å². The van der Waals surface area contributed by atoms with Crippen molar-refractivity contribution < 1.29 is 18.1 Å². The first-order chi connectivity index (χ1) is 8.73. The molecule has 0 bridgehead atoms. The molecule has 1 aliphatic rings. The van der Waals surface area contributed by atoms with Crippen LogP contribution >= 0.6 is 0 Å². The van der Waals surface area contributed by atoms with Crippen molar-refractivity contribution in [2.24, 2.45) is 5.73 Å².